The van der Waals surface area contributed by atoms with Gasteiger partial charge in [0.1, 0.15) is 12.1 Å². The highest BCUT2D eigenvalue weighted by atomic mass is 35.5. The summed E-state index contributed by atoms with van der Waals surface area (Å²) < 4.78 is 23.7. The van der Waals surface area contributed by atoms with Gasteiger partial charge in [-0.25, -0.2) is 4.39 Å². The molecule has 0 saturated carbocycles. The Morgan fingerprint density at radius 2 is 2.00 bits per heavy atom. The fourth-order valence-corrected chi connectivity index (χ4v) is 2.14. The Labute approximate surface area is 143 Å². The van der Waals surface area contributed by atoms with Crippen LogP contribution in [0.25, 0.3) is 0 Å². The van der Waals surface area contributed by atoms with Crippen molar-refractivity contribution in [2.24, 2.45) is 0 Å². The third kappa shape index (κ3) is 4.23. The van der Waals surface area contributed by atoms with Crippen LogP contribution in [-0.4, -0.2) is 25.4 Å². The number of aldehydes is 1. The van der Waals surface area contributed by atoms with E-state index in [4.69, 9.17) is 21.1 Å². The molecular formula is C17H15ClFNO4. The normalized spacial score (nSPS) is 11.5. The van der Waals surface area contributed by atoms with Crippen molar-refractivity contribution < 1.29 is 23.5 Å². The van der Waals surface area contributed by atoms with Gasteiger partial charge in [-0.2, -0.15) is 0 Å². The predicted molar refractivity (Wildman–Crippen MR) is 88.5 cm³/mol. The van der Waals surface area contributed by atoms with Gasteiger partial charge in [0.15, 0.2) is 17.6 Å². The summed E-state index contributed by atoms with van der Waals surface area (Å²) in [6, 6.07) is 8.25. The molecule has 126 valence electrons. The monoisotopic (exact) mass is 351 g/mol. The molecule has 0 heterocycles. The Morgan fingerprint density at radius 3 is 2.62 bits per heavy atom. The van der Waals surface area contributed by atoms with Gasteiger partial charge in [0, 0.05) is 5.56 Å². The van der Waals surface area contributed by atoms with Gasteiger partial charge >= 0.3 is 0 Å². The first-order valence-corrected chi connectivity index (χ1v) is 7.38. The number of methoxy groups -OCH3 is 1. The first-order chi connectivity index (χ1) is 11.4. The molecule has 2 rings (SSSR count). The van der Waals surface area contributed by atoms with Crippen LogP contribution in [0.2, 0.25) is 5.02 Å². The molecule has 0 spiro atoms. The predicted octanol–water partition coefficient (Wildman–Crippen LogP) is 3.71. The average Bonchev–Trinajstić information content (AvgIpc) is 2.57. The van der Waals surface area contributed by atoms with E-state index in [0.29, 0.717) is 17.6 Å². The van der Waals surface area contributed by atoms with Crippen molar-refractivity contribution in [3.63, 3.8) is 0 Å². The lowest BCUT2D eigenvalue weighted by atomic mass is 10.2. The maximum atomic E-state index is 13.0. The highest BCUT2D eigenvalue weighted by molar-refractivity contribution is 6.33. The molecular weight excluding hydrogens is 337 g/mol. The standard InChI is InChI=1S/C17H15ClFNO4/c1-10(17(22)20-14-5-4-12(19)8-13(14)18)24-16-7-11(9-21)3-6-15(16)23-2/h3-10H,1-2H3,(H,20,22)/t10-/m0/s1. The number of carbonyl (C=O) groups excluding carboxylic acids is 2. The molecule has 1 N–H and O–H groups in total. The second-order valence-corrected chi connectivity index (χ2v) is 5.31. The Balaban J connectivity index is 2.12. The Bertz CT molecular complexity index is 766. The molecule has 0 aliphatic carbocycles. The number of carbonyl (C=O) groups is 2. The topological polar surface area (TPSA) is 64.6 Å². The molecule has 2 aromatic carbocycles. The molecule has 1 atom stereocenters. The fourth-order valence-electron chi connectivity index (χ4n) is 1.93. The first kappa shape index (κ1) is 17.7. The number of nitrogens with one attached hydrogen (secondary N) is 1. The zero-order valence-electron chi connectivity index (χ0n) is 13.0. The number of ether oxygens (including phenoxy) is 2. The van der Waals surface area contributed by atoms with E-state index in [1.54, 1.807) is 12.1 Å². The van der Waals surface area contributed by atoms with Crippen molar-refractivity contribution in [3.8, 4) is 11.5 Å². The molecule has 7 heteroatoms. The van der Waals surface area contributed by atoms with Crippen LogP contribution in [0.4, 0.5) is 10.1 Å². The molecule has 1 amide bonds. The zero-order chi connectivity index (χ0) is 17.7. The van der Waals surface area contributed by atoms with Gasteiger partial charge in [-0.1, -0.05) is 11.6 Å². The van der Waals surface area contributed by atoms with Crippen LogP contribution in [0, 0.1) is 5.82 Å². The number of hydrogen-bond acceptors (Lipinski definition) is 4. The minimum Gasteiger partial charge on any atom is -0.493 e. The molecule has 2 aromatic rings. The molecule has 0 aliphatic rings. The molecule has 0 fully saturated rings. The third-order valence-corrected chi connectivity index (χ3v) is 3.50. The van der Waals surface area contributed by atoms with Gasteiger partial charge in [0.25, 0.3) is 5.91 Å². The van der Waals surface area contributed by atoms with Crippen LogP contribution in [0.3, 0.4) is 0 Å². The summed E-state index contributed by atoms with van der Waals surface area (Å²) in [5.74, 6) is -0.338. The van der Waals surface area contributed by atoms with E-state index < -0.39 is 17.8 Å². The molecule has 0 unspecified atom stereocenters. The Kier molecular flexibility index (Phi) is 5.76. The highest BCUT2D eigenvalue weighted by Gasteiger charge is 2.18. The third-order valence-electron chi connectivity index (χ3n) is 3.19. The smallest absolute Gasteiger partial charge is 0.265 e. The molecule has 0 saturated heterocycles. The van der Waals surface area contributed by atoms with E-state index in [1.165, 1.54) is 32.2 Å². The lowest BCUT2D eigenvalue weighted by molar-refractivity contribution is -0.122. The molecule has 0 aliphatic heterocycles. The summed E-state index contributed by atoms with van der Waals surface area (Å²) in [6.07, 6.45) is -0.239. The van der Waals surface area contributed by atoms with Crippen LogP contribution in [0.1, 0.15) is 17.3 Å². The second-order valence-electron chi connectivity index (χ2n) is 4.90. The van der Waals surface area contributed by atoms with Crippen molar-refractivity contribution in [2.75, 3.05) is 12.4 Å². The van der Waals surface area contributed by atoms with Crippen LogP contribution in [0.5, 0.6) is 11.5 Å². The van der Waals surface area contributed by atoms with Gasteiger partial charge < -0.3 is 14.8 Å². The van der Waals surface area contributed by atoms with Crippen LogP contribution >= 0.6 is 11.6 Å². The lowest BCUT2D eigenvalue weighted by Gasteiger charge is -2.17. The molecule has 0 bridgehead atoms. The Hall–Kier alpha value is -2.60. The summed E-state index contributed by atoms with van der Waals surface area (Å²) >= 11 is 5.87. The highest BCUT2D eigenvalue weighted by Crippen LogP contribution is 2.29. The van der Waals surface area contributed by atoms with Crippen LogP contribution in [-0.2, 0) is 4.79 Å². The van der Waals surface area contributed by atoms with Crippen molar-refractivity contribution in [3.05, 3.63) is 52.8 Å². The zero-order valence-corrected chi connectivity index (χ0v) is 13.8. The summed E-state index contributed by atoms with van der Waals surface area (Å²) in [5.41, 5.74) is 0.659. The maximum absolute atomic E-state index is 13.0. The average molecular weight is 352 g/mol. The molecule has 0 aromatic heterocycles. The first-order valence-electron chi connectivity index (χ1n) is 7.00. The van der Waals surface area contributed by atoms with Gasteiger partial charge in [-0.3, -0.25) is 9.59 Å². The van der Waals surface area contributed by atoms with Gasteiger partial charge in [-0.15, -0.1) is 0 Å². The molecule has 24 heavy (non-hydrogen) atoms. The second kappa shape index (κ2) is 7.79. The largest absolute Gasteiger partial charge is 0.493 e. The number of rotatable bonds is 6. The lowest BCUT2D eigenvalue weighted by Crippen LogP contribution is -2.30. The van der Waals surface area contributed by atoms with E-state index >= 15 is 0 Å². The summed E-state index contributed by atoms with van der Waals surface area (Å²) in [4.78, 5) is 23.1. The van der Waals surface area contributed by atoms with E-state index in [-0.39, 0.29) is 16.5 Å². The van der Waals surface area contributed by atoms with Crippen molar-refractivity contribution in [2.45, 2.75) is 13.0 Å². The minimum atomic E-state index is -0.901. The van der Waals surface area contributed by atoms with E-state index in [0.717, 1.165) is 6.07 Å². The van der Waals surface area contributed by atoms with E-state index in [2.05, 4.69) is 5.32 Å². The SMILES string of the molecule is COc1ccc(C=O)cc1O[C@@H](C)C(=O)Nc1ccc(F)cc1Cl. The quantitative estimate of drug-likeness (QED) is 0.806. The summed E-state index contributed by atoms with van der Waals surface area (Å²) in [7, 11) is 1.45. The van der Waals surface area contributed by atoms with Crippen LogP contribution < -0.4 is 14.8 Å². The van der Waals surface area contributed by atoms with E-state index in [1.807, 2.05) is 0 Å². The van der Waals surface area contributed by atoms with Crippen molar-refractivity contribution in [1.82, 2.24) is 0 Å². The minimum absolute atomic E-state index is 0.0797. The number of halogens is 2. The summed E-state index contributed by atoms with van der Waals surface area (Å²) in [6.45, 7) is 1.53. The maximum Gasteiger partial charge on any atom is 0.265 e. The van der Waals surface area contributed by atoms with Crippen molar-refractivity contribution in [1.29, 1.82) is 0 Å². The van der Waals surface area contributed by atoms with Crippen LogP contribution in [0.15, 0.2) is 36.4 Å². The number of hydrogen-bond donors (Lipinski definition) is 1. The fraction of sp³-hybridized carbons (Fsp3) is 0.176. The Morgan fingerprint density at radius 1 is 1.25 bits per heavy atom. The number of benzene rings is 2. The molecule has 5 nitrogen and oxygen atoms in total. The van der Waals surface area contributed by atoms with Gasteiger partial charge in [-0.05, 0) is 43.3 Å². The molecule has 0 radical (unpaired) electrons. The number of amides is 1. The van der Waals surface area contributed by atoms with Gasteiger partial charge in [0.05, 0.1) is 17.8 Å². The van der Waals surface area contributed by atoms with E-state index in [9.17, 15) is 14.0 Å². The van der Waals surface area contributed by atoms with Gasteiger partial charge in [0.2, 0.25) is 0 Å². The number of anilines is 1. The summed E-state index contributed by atoms with van der Waals surface area (Å²) in [5, 5.41) is 2.63. The van der Waals surface area contributed by atoms with Crippen molar-refractivity contribution >= 4 is 29.5 Å².